The van der Waals surface area contributed by atoms with Crippen LogP contribution in [-0.4, -0.2) is 18.2 Å². The Morgan fingerprint density at radius 1 is 1.57 bits per heavy atom. The third-order valence-electron chi connectivity index (χ3n) is 1.90. The maximum atomic E-state index is 12.8. The fourth-order valence-electron chi connectivity index (χ4n) is 1.16. The van der Waals surface area contributed by atoms with E-state index in [-0.39, 0.29) is 5.82 Å². The quantitative estimate of drug-likeness (QED) is 0.810. The third-order valence-corrected chi connectivity index (χ3v) is 2.25. The maximum absolute atomic E-state index is 12.8. The molecule has 1 unspecified atom stereocenters. The van der Waals surface area contributed by atoms with Gasteiger partial charge < -0.3 is 10.4 Å². The van der Waals surface area contributed by atoms with Crippen LogP contribution >= 0.6 is 11.6 Å². The first-order valence-electron chi connectivity index (χ1n) is 4.49. The van der Waals surface area contributed by atoms with Crippen molar-refractivity contribution >= 4 is 11.6 Å². The summed E-state index contributed by atoms with van der Waals surface area (Å²) in [5.74, 6) is -0.389. The Kier molecular flexibility index (Phi) is 4.32. The van der Waals surface area contributed by atoms with Crippen LogP contribution < -0.4 is 5.32 Å². The first kappa shape index (κ1) is 11.4. The van der Waals surface area contributed by atoms with Crippen LogP contribution in [0.5, 0.6) is 0 Å². The maximum Gasteiger partial charge on any atom is 0.123 e. The average molecular weight is 218 g/mol. The van der Waals surface area contributed by atoms with E-state index in [0.717, 1.165) is 6.54 Å². The summed E-state index contributed by atoms with van der Waals surface area (Å²) < 4.78 is 12.8. The van der Waals surface area contributed by atoms with Crippen molar-refractivity contribution in [3.05, 3.63) is 34.6 Å². The second kappa shape index (κ2) is 5.29. The van der Waals surface area contributed by atoms with Gasteiger partial charge in [0, 0.05) is 17.1 Å². The molecule has 14 heavy (non-hydrogen) atoms. The molecule has 2 N–H and O–H groups in total. The van der Waals surface area contributed by atoms with E-state index in [1.54, 1.807) is 0 Å². The molecule has 0 amide bonds. The number of rotatable bonds is 4. The zero-order valence-electron chi connectivity index (χ0n) is 7.93. The Morgan fingerprint density at radius 2 is 2.29 bits per heavy atom. The predicted octanol–water partition coefficient (Wildman–Crippen LogP) is 2.12. The molecule has 0 aliphatic heterocycles. The molecule has 1 atom stereocenters. The van der Waals surface area contributed by atoms with Gasteiger partial charge in [-0.1, -0.05) is 18.5 Å². The molecule has 0 fully saturated rings. The summed E-state index contributed by atoms with van der Waals surface area (Å²) in [4.78, 5) is 0. The normalized spacial score (nSPS) is 12.9. The van der Waals surface area contributed by atoms with Crippen LogP contribution in [0.3, 0.4) is 0 Å². The van der Waals surface area contributed by atoms with Crippen molar-refractivity contribution in [2.45, 2.75) is 13.0 Å². The lowest BCUT2D eigenvalue weighted by atomic mass is 10.1. The van der Waals surface area contributed by atoms with Gasteiger partial charge in [-0.15, -0.1) is 0 Å². The van der Waals surface area contributed by atoms with E-state index >= 15 is 0 Å². The second-order valence-electron chi connectivity index (χ2n) is 2.99. The Morgan fingerprint density at radius 3 is 2.93 bits per heavy atom. The highest BCUT2D eigenvalue weighted by Gasteiger charge is 2.11. The van der Waals surface area contributed by atoms with E-state index in [1.807, 2.05) is 6.92 Å². The largest absolute Gasteiger partial charge is 0.387 e. The van der Waals surface area contributed by atoms with E-state index in [2.05, 4.69) is 5.32 Å². The third kappa shape index (κ3) is 2.94. The lowest BCUT2D eigenvalue weighted by Crippen LogP contribution is -2.21. The molecule has 0 saturated carbocycles. The zero-order valence-corrected chi connectivity index (χ0v) is 8.68. The monoisotopic (exact) mass is 217 g/mol. The molecular weight excluding hydrogens is 205 g/mol. The Labute approximate surface area is 87.7 Å². The number of hydrogen-bond acceptors (Lipinski definition) is 2. The summed E-state index contributed by atoms with van der Waals surface area (Å²) in [5, 5.41) is 13.0. The van der Waals surface area contributed by atoms with Gasteiger partial charge in [0.05, 0.1) is 6.10 Å². The van der Waals surface area contributed by atoms with E-state index < -0.39 is 6.10 Å². The Bertz CT molecular complexity index is 306. The fourth-order valence-corrected chi connectivity index (χ4v) is 1.40. The molecule has 0 radical (unpaired) electrons. The van der Waals surface area contributed by atoms with Gasteiger partial charge in [-0.05, 0) is 24.7 Å². The summed E-state index contributed by atoms with van der Waals surface area (Å²) in [7, 11) is 0. The van der Waals surface area contributed by atoms with Crippen LogP contribution in [0.4, 0.5) is 4.39 Å². The van der Waals surface area contributed by atoms with Gasteiger partial charge in [0.2, 0.25) is 0 Å². The number of hydrogen-bond donors (Lipinski definition) is 2. The van der Waals surface area contributed by atoms with Gasteiger partial charge in [0.1, 0.15) is 5.82 Å². The average Bonchev–Trinajstić information content (AvgIpc) is 2.18. The summed E-state index contributed by atoms with van der Waals surface area (Å²) in [5.41, 5.74) is 0.424. The number of aliphatic hydroxyl groups excluding tert-OH is 1. The van der Waals surface area contributed by atoms with E-state index in [9.17, 15) is 9.50 Å². The second-order valence-corrected chi connectivity index (χ2v) is 3.40. The van der Waals surface area contributed by atoms with Crippen molar-refractivity contribution in [3.63, 3.8) is 0 Å². The number of nitrogens with one attached hydrogen (secondary N) is 1. The molecule has 0 saturated heterocycles. The first-order chi connectivity index (χ1) is 6.65. The highest BCUT2D eigenvalue weighted by molar-refractivity contribution is 6.31. The highest BCUT2D eigenvalue weighted by Crippen LogP contribution is 2.23. The minimum atomic E-state index is -0.766. The summed E-state index contributed by atoms with van der Waals surface area (Å²) in [6.45, 7) is 3.06. The fraction of sp³-hybridized carbons (Fsp3) is 0.400. The van der Waals surface area contributed by atoms with Gasteiger partial charge >= 0.3 is 0 Å². The summed E-state index contributed by atoms with van der Waals surface area (Å²) in [6.07, 6.45) is -0.766. The standard InChI is InChI=1S/C10H13ClFNO/c1-2-13-6-10(14)8-5-7(12)3-4-9(8)11/h3-5,10,13-14H,2,6H2,1H3. The molecule has 1 aromatic carbocycles. The number of benzene rings is 1. The van der Waals surface area contributed by atoms with E-state index in [0.29, 0.717) is 17.1 Å². The molecule has 2 nitrogen and oxygen atoms in total. The van der Waals surface area contributed by atoms with Gasteiger partial charge in [-0.2, -0.15) is 0 Å². The number of likely N-dealkylation sites (N-methyl/N-ethyl adjacent to an activating group) is 1. The van der Waals surface area contributed by atoms with Gasteiger partial charge in [0.15, 0.2) is 0 Å². The number of aliphatic hydroxyl groups is 1. The molecular formula is C10H13ClFNO. The van der Waals surface area contributed by atoms with Crippen molar-refractivity contribution < 1.29 is 9.50 Å². The van der Waals surface area contributed by atoms with Crippen molar-refractivity contribution in [2.75, 3.05) is 13.1 Å². The van der Waals surface area contributed by atoms with Gasteiger partial charge in [0.25, 0.3) is 0 Å². The topological polar surface area (TPSA) is 32.3 Å². The van der Waals surface area contributed by atoms with Crippen molar-refractivity contribution in [1.29, 1.82) is 0 Å². The first-order valence-corrected chi connectivity index (χ1v) is 4.86. The lowest BCUT2D eigenvalue weighted by Gasteiger charge is -2.12. The smallest absolute Gasteiger partial charge is 0.123 e. The number of halogens is 2. The van der Waals surface area contributed by atoms with Crippen LogP contribution in [0, 0.1) is 5.82 Å². The molecule has 0 aromatic heterocycles. The molecule has 0 aliphatic carbocycles. The lowest BCUT2D eigenvalue weighted by molar-refractivity contribution is 0.175. The SMILES string of the molecule is CCNCC(O)c1cc(F)ccc1Cl. The molecule has 78 valence electrons. The highest BCUT2D eigenvalue weighted by atomic mass is 35.5. The predicted molar refractivity (Wildman–Crippen MR) is 54.9 cm³/mol. The van der Waals surface area contributed by atoms with Crippen LogP contribution in [-0.2, 0) is 0 Å². The molecule has 0 heterocycles. The Hall–Kier alpha value is -0.640. The van der Waals surface area contributed by atoms with Crippen molar-refractivity contribution in [3.8, 4) is 0 Å². The van der Waals surface area contributed by atoms with Crippen LogP contribution in [0.25, 0.3) is 0 Å². The Balaban J connectivity index is 2.77. The molecule has 0 aliphatic rings. The molecule has 0 spiro atoms. The van der Waals surface area contributed by atoms with Gasteiger partial charge in [-0.25, -0.2) is 4.39 Å². The van der Waals surface area contributed by atoms with E-state index in [1.165, 1.54) is 18.2 Å². The summed E-state index contributed by atoms with van der Waals surface area (Å²) >= 11 is 5.82. The minimum absolute atomic E-state index is 0.375. The van der Waals surface area contributed by atoms with Crippen molar-refractivity contribution in [1.82, 2.24) is 5.32 Å². The zero-order chi connectivity index (χ0) is 10.6. The minimum Gasteiger partial charge on any atom is -0.387 e. The van der Waals surface area contributed by atoms with Crippen LogP contribution in [0.2, 0.25) is 5.02 Å². The molecule has 1 rings (SSSR count). The van der Waals surface area contributed by atoms with Gasteiger partial charge in [-0.3, -0.25) is 0 Å². The molecule has 1 aromatic rings. The van der Waals surface area contributed by atoms with E-state index in [4.69, 9.17) is 11.6 Å². The summed E-state index contributed by atoms with van der Waals surface area (Å²) in [6, 6.07) is 3.97. The van der Waals surface area contributed by atoms with Crippen LogP contribution in [0.1, 0.15) is 18.6 Å². The molecule has 4 heteroatoms. The molecule has 0 bridgehead atoms. The van der Waals surface area contributed by atoms with Crippen LogP contribution in [0.15, 0.2) is 18.2 Å². The van der Waals surface area contributed by atoms with Crippen molar-refractivity contribution in [2.24, 2.45) is 0 Å².